The molecule has 1 atom stereocenters. The molecule has 130 valence electrons. The van der Waals surface area contributed by atoms with Crippen LogP contribution in [0.25, 0.3) is 21.3 Å². The molecule has 0 aliphatic carbocycles. The SMILES string of the molecule is C[C@@H](c1ccc(-c2cc(F)c3nc(N)sc3c2)cc1)N1CCOCC1. The number of aromatic nitrogens is 1. The molecule has 0 unspecified atom stereocenters. The molecule has 0 radical (unpaired) electrons. The summed E-state index contributed by atoms with van der Waals surface area (Å²) in [5.41, 5.74) is 9.15. The number of nitrogen functional groups attached to an aromatic ring is 1. The van der Waals surface area contributed by atoms with Gasteiger partial charge in [0.05, 0.1) is 17.9 Å². The van der Waals surface area contributed by atoms with E-state index in [1.807, 2.05) is 6.07 Å². The minimum atomic E-state index is -0.328. The number of thiazole rings is 1. The minimum Gasteiger partial charge on any atom is -0.379 e. The number of fused-ring (bicyclic) bond motifs is 1. The number of hydrogen-bond donors (Lipinski definition) is 1. The Hall–Kier alpha value is -2.02. The molecule has 6 heteroatoms. The monoisotopic (exact) mass is 357 g/mol. The largest absolute Gasteiger partial charge is 0.379 e. The number of hydrogen-bond acceptors (Lipinski definition) is 5. The van der Waals surface area contributed by atoms with E-state index in [0.717, 1.165) is 42.1 Å². The molecule has 0 bridgehead atoms. The van der Waals surface area contributed by atoms with Crippen molar-refractivity contribution in [3.63, 3.8) is 0 Å². The predicted molar refractivity (Wildman–Crippen MR) is 100 cm³/mol. The second-order valence-electron chi connectivity index (χ2n) is 6.30. The summed E-state index contributed by atoms with van der Waals surface area (Å²) < 4.78 is 20.5. The van der Waals surface area contributed by atoms with Crippen molar-refractivity contribution in [3.8, 4) is 11.1 Å². The first-order valence-corrected chi connectivity index (χ1v) is 9.21. The highest BCUT2D eigenvalue weighted by Crippen LogP contribution is 2.32. The maximum atomic E-state index is 14.3. The fourth-order valence-electron chi connectivity index (χ4n) is 3.30. The average Bonchev–Trinajstić information content (AvgIpc) is 3.03. The molecule has 2 aromatic carbocycles. The number of benzene rings is 2. The minimum absolute atomic E-state index is 0.328. The molecule has 1 aromatic heterocycles. The predicted octanol–water partition coefficient (Wildman–Crippen LogP) is 4.08. The highest BCUT2D eigenvalue weighted by atomic mass is 32.1. The van der Waals surface area contributed by atoms with E-state index in [4.69, 9.17) is 10.5 Å². The van der Waals surface area contributed by atoms with Crippen LogP contribution < -0.4 is 5.73 Å². The first-order chi connectivity index (χ1) is 12.1. The van der Waals surface area contributed by atoms with E-state index in [-0.39, 0.29) is 5.82 Å². The summed E-state index contributed by atoms with van der Waals surface area (Å²) in [6.07, 6.45) is 0. The van der Waals surface area contributed by atoms with Gasteiger partial charge in [-0.2, -0.15) is 0 Å². The average molecular weight is 357 g/mol. The summed E-state index contributed by atoms with van der Waals surface area (Å²) in [6.45, 7) is 5.71. The molecule has 0 spiro atoms. The Bertz CT molecular complexity index is 888. The Morgan fingerprint density at radius 1 is 1.16 bits per heavy atom. The Kier molecular flexibility index (Phi) is 4.41. The van der Waals surface area contributed by atoms with Gasteiger partial charge in [-0.3, -0.25) is 4.90 Å². The summed E-state index contributed by atoms with van der Waals surface area (Å²) in [7, 11) is 0. The maximum absolute atomic E-state index is 14.3. The van der Waals surface area contributed by atoms with Gasteiger partial charge in [0.1, 0.15) is 5.52 Å². The second kappa shape index (κ2) is 6.71. The fourth-order valence-corrected chi connectivity index (χ4v) is 4.09. The standard InChI is InChI=1S/C19H20FN3OS/c1-12(23-6-8-24-9-7-23)13-2-4-14(5-3-13)15-10-16(20)18-17(11-15)25-19(21)22-18/h2-5,10-12H,6-9H2,1H3,(H2,21,22)/t12-/m0/s1. The van der Waals surface area contributed by atoms with Crippen molar-refractivity contribution in [1.29, 1.82) is 0 Å². The lowest BCUT2D eigenvalue weighted by molar-refractivity contribution is 0.0198. The number of ether oxygens (including phenoxy) is 1. The number of nitrogens with two attached hydrogens (primary N) is 1. The Balaban J connectivity index is 1.61. The van der Waals surface area contributed by atoms with Crippen LogP contribution in [0, 0.1) is 5.82 Å². The van der Waals surface area contributed by atoms with Crippen molar-refractivity contribution in [3.05, 3.63) is 47.8 Å². The molecule has 4 nitrogen and oxygen atoms in total. The molecular weight excluding hydrogens is 337 g/mol. The van der Waals surface area contributed by atoms with Crippen LogP contribution >= 0.6 is 11.3 Å². The zero-order valence-electron chi connectivity index (χ0n) is 14.0. The Labute approximate surface area is 150 Å². The zero-order valence-corrected chi connectivity index (χ0v) is 14.9. The number of anilines is 1. The molecule has 3 aromatic rings. The van der Waals surface area contributed by atoms with Crippen LogP contribution in [0.1, 0.15) is 18.5 Å². The van der Waals surface area contributed by atoms with Crippen molar-refractivity contribution in [2.45, 2.75) is 13.0 Å². The summed E-state index contributed by atoms with van der Waals surface area (Å²) in [5.74, 6) is -0.328. The number of morpholine rings is 1. The third-order valence-electron chi connectivity index (χ3n) is 4.78. The van der Waals surface area contributed by atoms with Crippen molar-refractivity contribution in [1.82, 2.24) is 9.88 Å². The van der Waals surface area contributed by atoms with E-state index in [1.54, 1.807) is 0 Å². The normalized spacial score (nSPS) is 17.0. The van der Waals surface area contributed by atoms with E-state index >= 15 is 0 Å². The summed E-state index contributed by atoms with van der Waals surface area (Å²) in [5, 5.41) is 0.390. The van der Waals surface area contributed by atoms with Crippen LogP contribution in [0.5, 0.6) is 0 Å². The van der Waals surface area contributed by atoms with Crippen molar-refractivity contribution >= 4 is 26.7 Å². The Morgan fingerprint density at radius 2 is 1.88 bits per heavy atom. The van der Waals surface area contributed by atoms with Crippen molar-refractivity contribution in [2.75, 3.05) is 32.0 Å². The highest BCUT2D eigenvalue weighted by molar-refractivity contribution is 7.22. The number of nitrogens with zero attached hydrogens (tertiary/aromatic N) is 2. The lowest BCUT2D eigenvalue weighted by atomic mass is 10.0. The van der Waals surface area contributed by atoms with Crippen LogP contribution in [0.3, 0.4) is 0 Å². The molecule has 25 heavy (non-hydrogen) atoms. The zero-order chi connectivity index (χ0) is 17.4. The van der Waals surface area contributed by atoms with Gasteiger partial charge in [-0.1, -0.05) is 35.6 Å². The topological polar surface area (TPSA) is 51.4 Å². The second-order valence-corrected chi connectivity index (χ2v) is 7.37. The van der Waals surface area contributed by atoms with Crippen molar-refractivity contribution < 1.29 is 9.13 Å². The van der Waals surface area contributed by atoms with Gasteiger partial charge in [-0.05, 0) is 35.7 Å². The van der Waals surface area contributed by atoms with Gasteiger partial charge in [0.25, 0.3) is 0 Å². The van der Waals surface area contributed by atoms with Crippen LogP contribution in [-0.2, 0) is 4.74 Å². The van der Waals surface area contributed by atoms with Crippen LogP contribution in [0.4, 0.5) is 9.52 Å². The number of rotatable bonds is 3. The summed E-state index contributed by atoms with van der Waals surface area (Å²) in [4.78, 5) is 6.46. The van der Waals surface area contributed by atoms with Crippen LogP contribution in [0.15, 0.2) is 36.4 Å². The molecular formula is C19H20FN3OS. The number of halogens is 1. The Morgan fingerprint density at radius 3 is 2.60 bits per heavy atom. The summed E-state index contributed by atoms with van der Waals surface area (Å²) >= 11 is 1.31. The van der Waals surface area contributed by atoms with Crippen LogP contribution in [0.2, 0.25) is 0 Å². The third-order valence-corrected chi connectivity index (χ3v) is 5.62. The van der Waals surface area contributed by atoms with E-state index in [2.05, 4.69) is 41.1 Å². The van der Waals surface area contributed by atoms with Gasteiger partial charge in [0, 0.05) is 19.1 Å². The highest BCUT2D eigenvalue weighted by Gasteiger charge is 2.18. The summed E-state index contributed by atoms with van der Waals surface area (Å²) in [6, 6.07) is 12.2. The molecule has 1 saturated heterocycles. The first kappa shape index (κ1) is 16.4. The van der Waals surface area contributed by atoms with Gasteiger partial charge >= 0.3 is 0 Å². The van der Waals surface area contributed by atoms with E-state index in [1.165, 1.54) is 23.0 Å². The van der Waals surface area contributed by atoms with Gasteiger partial charge in [-0.25, -0.2) is 9.37 Å². The maximum Gasteiger partial charge on any atom is 0.181 e. The molecule has 0 amide bonds. The lowest BCUT2D eigenvalue weighted by Gasteiger charge is -2.32. The van der Waals surface area contributed by atoms with Crippen molar-refractivity contribution in [2.24, 2.45) is 0 Å². The van der Waals surface area contributed by atoms with E-state index in [0.29, 0.717) is 16.7 Å². The molecule has 2 N–H and O–H groups in total. The van der Waals surface area contributed by atoms with Gasteiger partial charge in [0.15, 0.2) is 10.9 Å². The molecule has 0 saturated carbocycles. The van der Waals surface area contributed by atoms with Gasteiger partial charge in [0.2, 0.25) is 0 Å². The van der Waals surface area contributed by atoms with E-state index < -0.39 is 0 Å². The quantitative estimate of drug-likeness (QED) is 0.767. The first-order valence-electron chi connectivity index (χ1n) is 8.39. The van der Waals surface area contributed by atoms with E-state index in [9.17, 15) is 4.39 Å². The van der Waals surface area contributed by atoms with Gasteiger partial charge in [-0.15, -0.1) is 0 Å². The van der Waals surface area contributed by atoms with Crippen LogP contribution in [-0.4, -0.2) is 36.2 Å². The lowest BCUT2D eigenvalue weighted by Crippen LogP contribution is -2.37. The fraction of sp³-hybridized carbons (Fsp3) is 0.316. The smallest absolute Gasteiger partial charge is 0.181 e. The molecule has 1 aliphatic rings. The molecule has 1 aliphatic heterocycles. The third kappa shape index (κ3) is 3.25. The molecule has 2 heterocycles. The molecule has 1 fully saturated rings. The molecule has 4 rings (SSSR count). The van der Waals surface area contributed by atoms with Gasteiger partial charge < -0.3 is 10.5 Å².